The van der Waals surface area contributed by atoms with Crippen LogP contribution in [0.15, 0.2) is 0 Å². The predicted molar refractivity (Wildman–Crippen MR) is 61.8 cm³/mol. The molecule has 1 unspecified atom stereocenters. The Morgan fingerprint density at radius 3 is 2.50 bits per heavy atom. The first-order valence-corrected chi connectivity index (χ1v) is 5.58. The normalized spacial score (nSPS) is 19.0. The Hall–Kier alpha value is -1.79. The van der Waals surface area contributed by atoms with Crippen LogP contribution in [0, 0.1) is 0 Å². The minimum atomic E-state index is -0.640. The van der Waals surface area contributed by atoms with Gasteiger partial charge in [-0.3, -0.25) is 9.59 Å². The fraction of sp³-hybridized carbons (Fsp3) is 0.727. The second kappa shape index (κ2) is 5.24. The zero-order valence-corrected chi connectivity index (χ0v) is 11.0. The van der Waals surface area contributed by atoms with Crippen LogP contribution in [0.1, 0.15) is 20.8 Å². The molecule has 1 saturated heterocycles. The third kappa shape index (κ3) is 3.90. The lowest BCUT2D eigenvalue weighted by molar-refractivity contribution is -0.154. The number of β-lactam (4-membered cyclic amide) rings is 1. The van der Waals surface area contributed by atoms with E-state index in [9.17, 15) is 14.4 Å². The Bertz CT molecular complexity index is 361. The number of amides is 2. The summed E-state index contributed by atoms with van der Waals surface area (Å²) >= 11 is 0. The zero-order chi connectivity index (χ0) is 13.9. The highest BCUT2D eigenvalue weighted by Crippen LogP contribution is 2.12. The summed E-state index contributed by atoms with van der Waals surface area (Å²) in [5.41, 5.74) is -0.609. The molecule has 18 heavy (non-hydrogen) atoms. The smallest absolute Gasteiger partial charge is 0.408 e. The van der Waals surface area contributed by atoms with Crippen LogP contribution >= 0.6 is 0 Å². The van der Waals surface area contributed by atoms with Crippen LogP contribution in [0.4, 0.5) is 4.79 Å². The predicted octanol–water partition coefficient (Wildman–Crippen LogP) is -0.105. The number of likely N-dealkylation sites (tertiary alicyclic amines) is 1. The maximum absolute atomic E-state index is 11.6. The van der Waals surface area contributed by atoms with Gasteiger partial charge in [-0.1, -0.05) is 0 Å². The van der Waals surface area contributed by atoms with Gasteiger partial charge in [0.2, 0.25) is 5.91 Å². The highest BCUT2D eigenvalue weighted by atomic mass is 16.6. The Morgan fingerprint density at radius 2 is 2.06 bits per heavy atom. The van der Waals surface area contributed by atoms with Crippen molar-refractivity contribution in [1.82, 2.24) is 10.2 Å². The molecule has 1 atom stereocenters. The molecule has 0 bridgehead atoms. The number of methoxy groups -OCH3 is 1. The van der Waals surface area contributed by atoms with Gasteiger partial charge in [0, 0.05) is 0 Å². The highest BCUT2D eigenvalue weighted by molar-refractivity contribution is 5.93. The summed E-state index contributed by atoms with van der Waals surface area (Å²) in [5, 5.41) is 2.44. The van der Waals surface area contributed by atoms with Crippen molar-refractivity contribution in [1.29, 1.82) is 0 Å². The molecule has 0 aromatic carbocycles. The third-order valence-electron chi connectivity index (χ3n) is 2.25. The van der Waals surface area contributed by atoms with Gasteiger partial charge in [-0.15, -0.1) is 0 Å². The van der Waals surface area contributed by atoms with E-state index < -0.39 is 23.7 Å². The first-order chi connectivity index (χ1) is 8.23. The number of nitrogens with one attached hydrogen (secondary N) is 1. The van der Waals surface area contributed by atoms with E-state index in [0.29, 0.717) is 0 Å². The van der Waals surface area contributed by atoms with Gasteiger partial charge in [0.1, 0.15) is 18.2 Å². The van der Waals surface area contributed by atoms with Crippen molar-refractivity contribution in [3.8, 4) is 0 Å². The number of rotatable bonds is 3. The van der Waals surface area contributed by atoms with E-state index in [-0.39, 0.29) is 19.0 Å². The van der Waals surface area contributed by atoms with Gasteiger partial charge < -0.3 is 19.7 Å². The molecule has 1 fully saturated rings. The van der Waals surface area contributed by atoms with E-state index in [1.54, 1.807) is 20.8 Å². The van der Waals surface area contributed by atoms with Crippen molar-refractivity contribution in [2.75, 3.05) is 20.2 Å². The molecule has 0 aliphatic carbocycles. The number of nitrogens with zero attached hydrogens (tertiary/aromatic N) is 1. The average molecular weight is 258 g/mol. The second-order valence-corrected chi connectivity index (χ2v) is 4.99. The van der Waals surface area contributed by atoms with E-state index >= 15 is 0 Å². The lowest BCUT2D eigenvalue weighted by Gasteiger charge is -2.37. The minimum Gasteiger partial charge on any atom is -0.468 e. The topological polar surface area (TPSA) is 84.9 Å². The van der Waals surface area contributed by atoms with Gasteiger partial charge in [-0.05, 0) is 20.8 Å². The van der Waals surface area contributed by atoms with Crippen molar-refractivity contribution >= 4 is 18.0 Å². The lowest BCUT2D eigenvalue weighted by atomic mass is 10.1. The maximum Gasteiger partial charge on any atom is 0.408 e. The number of carbonyl (C=O) groups is 3. The van der Waals surface area contributed by atoms with Gasteiger partial charge in [-0.25, -0.2) is 4.79 Å². The third-order valence-corrected chi connectivity index (χ3v) is 2.25. The molecule has 0 aromatic heterocycles. The number of esters is 1. The molecule has 1 aliphatic heterocycles. The Morgan fingerprint density at radius 1 is 1.44 bits per heavy atom. The molecule has 1 rings (SSSR count). The molecule has 1 N–H and O–H groups in total. The van der Waals surface area contributed by atoms with E-state index in [1.807, 2.05) is 0 Å². The summed E-state index contributed by atoms with van der Waals surface area (Å²) in [5.74, 6) is -0.801. The van der Waals surface area contributed by atoms with Crippen LogP contribution in [-0.4, -0.2) is 54.7 Å². The molecule has 1 heterocycles. The van der Waals surface area contributed by atoms with Gasteiger partial charge >= 0.3 is 12.1 Å². The zero-order valence-electron chi connectivity index (χ0n) is 11.0. The molecule has 2 amide bonds. The number of hydrogen-bond acceptors (Lipinski definition) is 5. The largest absolute Gasteiger partial charge is 0.468 e. The van der Waals surface area contributed by atoms with Crippen molar-refractivity contribution < 1.29 is 23.9 Å². The number of hydrogen-bond donors (Lipinski definition) is 1. The molecule has 0 saturated carbocycles. The van der Waals surface area contributed by atoms with E-state index in [1.165, 1.54) is 12.0 Å². The van der Waals surface area contributed by atoms with Crippen molar-refractivity contribution in [2.24, 2.45) is 0 Å². The van der Waals surface area contributed by atoms with Crippen LogP contribution in [-0.2, 0) is 19.1 Å². The maximum atomic E-state index is 11.6. The molecule has 7 heteroatoms. The molecular weight excluding hydrogens is 240 g/mol. The van der Waals surface area contributed by atoms with E-state index in [4.69, 9.17) is 4.74 Å². The average Bonchev–Trinajstić information content (AvgIpc) is 2.24. The summed E-state index contributed by atoms with van der Waals surface area (Å²) < 4.78 is 9.46. The van der Waals surface area contributed by atoms with Crippen molar-refractivity contribution in [3.05, 3.63) is 0 Å². The molecule has 1 aliphatic rings. The van der Waals surface area contributed by atoms with Gasteiger partial charge in [0.05, 0.1) is 13.7 Å². The summed E-state index contributed by atoms with van der Waals surface area (Å²) in [7, 11) is 1.25. The van der Waals surface area contributed by atoms with Crippen LogP contribution in [0.2, 0.25) is 0 Å². The lowest BCUT2D eigenvalue weighted by Crippen LogP contribution is -2.65. The Kier molecular flexibility index (Phi) is 4.15. The number of ether oxygens (including phenoxy) is 2. The van der Waals surface area contributed by atoms with Gasteiger partial charge in [0.15, 0.2) is 0 Å². The van der Waals surface area contributed by atoms with Gasteiger partial charge in [0.25, 0.3) is 0 Å². The van der Waals surface area contributed by atoms with Gasteiger partial charge in [-0.2, -0.15) is 0 Å². The molecular formula is C11H18N2O5. The summed E-state index contributed by atoms with van der Waals surface area (Å²) in [4.78, 5) is 35.2. The Labute approximate surface area is 105 Å². The first-order valence-electron chi connectivity index (χ1n) is 5.58. The molecule has 102 valence electrons. The molecule has 0 radical (unpaired) electrons. The Balaban J connectivity index is 2.34. The minimum absolute atomic E-state index is 0.0954. The summed E-state index contributed by atoms with van der Waals surface area (Å²) in [6.45, 7) is 5.39. The standard InChI is InChI=1S/C11H18N2O5/c1-11(2,3)18-10(16)12-7-5-13(9(7)15)6-8(14)17-4/h7H,5-6H2,1-4H3,(H,12,16). The number of alkyl carbamates (subject to hydrolysis) is 1. The van der Waals surface area contributed by atoms with E-state index in [2.05, 4.69) is 10.1 Å². The molecule has 0 aromatic rings. The van der Waals surface area contributed by atoms with Crippen LogP contribution < -0.4 is 5.32 Å². The SMILES string of the molecule is COC(=O)CN1CC(NC(=O)OC(C)(C)C)C1=O. The van der Waals surface area contributed by atoms with Crippen molar-refractivity contribution in [3.63, 3.8) is 0 Å². The van der Waals surface area contributed by atoms with E-state index in [0.717, 1.165) is 0 Å². The molecule has 7 nitrogen and oxygen atoms in total. The summed E-state index contributed by atoms with van der Waals surface area (Å²) in [6, 6.07) is -0.621. The van der Waals surface area contributed by atoms with Crippen molar-refractivity contribution in [2.45, 2.75) is 32.4 Å². The van der Waals surface area contributed by atoms with Crippen LogP contribution in [0.5, 0.6) is 0 Å². The highest BCUT2D eigenvalue weighted by Gasteiger charge is 2.39. The van der Waals surface area contributed by atoms with Crippen LogP contribution in [0.25, 0.3) is 0 Å². The van der Waals surface area contributed by atoms with Crippen LogP contribution in [0.3, 0.4) is 0 Å². The fourth-order valence-electron chi connectivity index (χ4n) is 1.42. The first kappa shape index (κ1) is 14.3. The quantitative estimate of drug-likeness (QED) is 0.564. The second-order valence-electron chi connectivity index (χ2n) is 4.99. The fourth-order valence-corrected chi connectivity index (χ4v) is 1.42. The monoisotopic (exact) mass is 258 g/mol. The number of carbonyl (C=O) groups excluding carboxylic acids is 3. The molecule has 0 spiro atoms. The summed E-state index contributed by atoms with van der Waals surface area (Å²) in [6.07, 6.45) is -0.640.